The van der Waals surface area contributed by atoms with E-state index < -0.39 is 0 Å². The summed E-state index contributed by atoms with van der Waals surface area (Å²) in [5, 5.41) is 10.8. The topological polar surface area (TPSA) is 36.4 Å². The number of para-hydroxylation sites is 1. The van der Waals surface area contributed by atoms with Gasteiger partial charge in [-0.3, -0.25) is 9.88 Å². The lowest BCUT2D eigenvalue weighted by molar-refractivity contribution is 0.0616. The van der Waals surface area contributed by atoms with Crippen LogP contribution in [0.25, 0.3) is 10.9 Å². The fraction of sp³-hybridized carbons (Fsp3) is 0.471. The molecule has 2 rings (SSSR count). The Hall–Kier alpha value is -1.45. The summed E-state index contributed by atoms with van der Waals surface area (Å²) in [7, 11) is 2.06. The van der Waals surface area contributed by atoms with Crippen LogP contribution >= 0.6 is 0 Å². The van der Waals surface area contributed by atoms with Crippen LogP contribution < -0.4 is 0 Å². The fourth-order valence-corrected chi connectivity index (χ4v) is 2.75. The molecule has 1 unspecified atom stereocenters. The lowest BCUT2D eigenvalue weighted by atomic mass is 9.86. The first kappa shape index (κ1) is 14.9. The van der Waals surface area contributed by atoms with Crippen LogP contribution in [0.2, 0.25) is 0 Å². The number of benzene rings is 1. The normalized spacial score (nSPS) is 13.9. The lowest BCUT2D eigenvalue weighted by Gasteiger charge is -2.37. The summed E-state index contributed by atoms with van der Waals surface area (Å²) in [4.78, 5) is 6.70. The Kier molecular flexibility index (Phi) is 4.41. The Labute approximate surface area is 121 Å². The van der Waals surface area contributed by atoms with Gasteiger partial charge in [0.1, 0.15) is 0 Å². The van der Waals surface area contributed by atoms with Gasteiger partial charge in [0.2, 0.25) is 0 Å². The van der Waals surface area contributed by atoms with E-state index in [1.807, 2.05) is 12.3 Å². The number of fused-ring (bicyclic) bond motifs is 1. The summed E-state index contributed by atoms with van der Waals surface area (Å²) in [6.45, 7) is 7.43. The van der Waals surface area contributed by atoms with E-state index in [9.17, 15) is 5.11 Å². The molecule has 1 heterocycles. The van der Waals surface area contributed by atoms with E-state index in [0.717, 1.165) is 17.4 Å². The van der Waals surface area contributed by atoms with E-state index in [1.165, 1.54) is 5.56 Å². The largest absolute Gasteiger partial charge is 0.395 e. The number of hydrogen-bond acceptors (Lipinski definition) is 3. The summed E-state index contributed by atoms with van der Waals surface area (Å²) >= 11 is 0. The highest BCUT2D eigenvalue weighted by atomic mass is 16.3. The van der Waals surface area contributed by atoms with E-state index in [2.05, 4.69) is 62.0 Å². The third-order valence-corrected chi connectivity index (χ3v) is 3.84. The van der Waals surface area contributed by atoms with Crippen LogP contribution in [0.4, 0.5) is 0 Å². The molecule has 1 N–H and O–H groups in total. The summed E-state index contributed by atoms with van der Waals surface area (Å²) in [5.74, 6) is 0. The molecule has 0 spiro atoms. The molecule has 0 aliphatic carbocycles. The summed E-state index contributed by atoms with van der Waals surface area (Å²) in [6.07, 6.45) is 1.83. The molecule has 0 fully saturated rings. The Balaban J connectivity index is 2.28. The van der Waals surface area contributed by atoms with E-state index in [0.29, 0.717) is 0 Å². The van der Waals surface area contributed by atoms with Crippen molar-refractivity contribution in [1.29, 1.82) is 0 Å². The molecule has 0 aliphatic rings. The van der Waals surface area contributed by atoms with Crippen molar-refractivity contribution in [1.82, 2.24) is 9.88 Å². The highest BCUT2D eigenvalue weighted by Gasteiger charge is 2.27. The zero-order valence-corrected chi connectivity index (χ0v) is 12.8. The highest BCUT2D eigenvalue weighted by molar-refractivity contribution is 5.81. The second-order valence-electron chi connectivity index (χ2n) is 6.47. The summed E-state index contributed by atoms with van der Waals surface area (Å²) in [6, 6.07) is 10.4. The first-order chi connectivity index (χ1) is 9.43. The molecule has 2 aromatic rings. The number of likely N-dealkylation sites (N-methyl/N-ethyl adjacent to an activating group) is 1. The average molecular weight is 272 g/mol. The standard InChI is InChI=1S/C17H24N2O/c1-17(2,3)15(12-20)19(4)11-14-8-5-7-13-9-6-10-18-16(13)14/h5-10,15,20H,11-12H2,1-4H3. The van der Waals surface area contributed by atoms with Crippen LogP contribution in [0, 0.1) is 5.41 Å². The average Bonchev–Trinajstić information content (AvgIpc) is 2.38. The molecule has 0 saturated heterocycles. The van der Waals surface area contributed by atoms with Gasteiger partial charge in [0.05, 0.1) is 12.1 Å². The predicted molar refractivity (Wildman–Crippen MR) is 83.5 cm³/mol. The maximum Gasteiger partial charge on any atom is 0.0746 e. The molecule has 108 valence electrons. The zero-order valence-electron chi connectivity index (χ0n) is 12.8. The maximum absolute atomic E-state index is 9.67. The lowest BCUT2D eigenvalue weighted by Crippen LogP contribution is -2.44. The number of aliphatic hydroxyl groups excluding tert-OH is 1. The van der Waals surface area contributed by atoms with Gasteiger partial charge in [-0.1, -0.05) is 45.0 Å². The summed E-state index contributed by atoms with van der Waals surface area (Å²) in [5.41, 5.74) is 2.29. The van der Waals surface area contributed by atoms with Crippen LogP contribution in [0.5, 0.6) is 0 Å². The van der Waals surface area contributed by atoms with Gasteiger partial charge in [0.25, 0.3) is 0 Å². The molecule has 1 aromatic heterocycles. The van der Waals surface area contributed by atoms with Crippen molar-refractivity contribution in [3.05, 3.63) is 42.1 Å². The van der Waals surface area contributed by atoms with Gasteiger partial charge in [-0.25, -0.2) is 0 Å². The maximum atomic E-state index is 9.67. The minimum absolute atomic E-state index is 0.0432. The molecule has 20 heavy (non-hydrogen) atoms. The van der Waals surface area contributed by atoms with Crippen molar-refractivity contribution in [2.75, 3.05) is 13.7 Å². The third kappa shape index (κ3) is 3.17. The van der Waals surface area contributed by atoms with Crippen molar-refractivity contribution < 1.29 is 5.11 Å². The van der Waals surface area contributed by atoms with E-state index in [1.54, 1.807) is 0 Å². The predicted octanol–water partition coefficient (Wildman–Crippen LogP) is 3.07. The highest BCUT2D eigenvalue weighted by Crippen LogP contribution is 2.25. The molecule has 0 radical (unpaired) electrons. The van der Waals surface area contributed by atoms with Crippen molar-refractivity contribution >= 4 is 10.9 Å². The minimum Gasteiger partial charge on any atom is -0.395 e. The number of aliphatic hydroxyl groups is 1. The molecule has 1 atom stereocenters. The first-order valence-corrected chi connectivity index (χ1v) is 7.07. The number of pyridine rings is 1. The monoisotopic (exact) mass is 272 g/mol. The third-order valence-electron chi connectivity index (χ3n) is 3.84. The van der Waals surface area contributed by atoms with Crippen LogP contribution in [-0.4, -0.2) is 34.7 Å². The van der Waals surface area contributed by atoms with Gasteiger partial charge in [0.15, 0.2) is 0 Å². The summed E-state index contributed by atoms with van der Waals surface area (Å²) < 4.78 is 0. The molecule has 0 aliphatic heterocycles. The second kappa shape index (κ2) is 5.90. The molecule has 0 amide bonds. The van der Waals surface area contributed by atoms with Crippen LogP contribution in [0.3, 0.4) is 0 Å². The number of aromatic nitrogens is 1. The van der Waals surface area contributed by atoms with Crippen LogP contribution in [-0.2, 0) is 6.54 Å². The molecule has 0 saturated carbocycles. The Bertz CT molecular complexity index is 569. The van der Waals surface area contributed by atoms with Gasteiger partial charge >= 0.3 is 0 Å². The van der Waals surface area contributed by atoms with Gasteiger partial charge in [-0.15, -0.1) is 0 Å². The van der Waals surface area contributed by atoms with E-state index in [4.69, 9.17) is 0 Å². The second-order valence-corrected chi connectivity index (χ2v) is 6.47. The van der Waals surface area contributed by atoms with Crippen LogP contribution in [0.15, 0.2) is 36.5 Å². The smallest absolute Gasteiger partial charge is 0.0746 e. The number of nitrogens with zero attached hydrogens (tertiary/aromatic N) is 2. The first-order valence-electron chi connectivity index (χ1n) is 7.07. The number of rotatable bonds is 4. The van der Waals surface area contributed by atoms with Gasteiger partial charge in [0, 0.05) is 24.2 Å². The van der Waals surface area contributed by atoms with Crippen molar-refractivity contribution in [3.8, 4) is 0 Å². The molecular formula is C17H24N2O. The van der Waals surface area contributed by atoms with Crippen LogP contribution in [0.1, 0.15) is 26.3 Å². The SMILES string of the molecule is CN(Cc1cccc2cccnc12)C(CO)C(C)(C)C. The Morgan fingerprint density at radius 2 is 1.90 bits per heavy atom. The van der Waals surface area contributed by atoms with Crippen molar-refractivity contribution in [3.63, 3.8) is 0 Å². The van der Waals surface area contributed by atoms with Crippen molar-refractivity contribution in [2.45, 2.75) is 33.4 Å². The van der Waals surface area contributed by atoms with Crippen molar-refractivity contribution in [2.24, 2.45) is 5.41 Å². The van der Waals surface area contributed by atoms with E-state index in [-0.39, 0.29) is 18.1 Å². The molecule has 3 heteroatoms. The van der Waals surface area contributed by atoms with Gasteiger partial charge in [-0.2, -0.15) is 0 Å². The zero-order chi connectivity index (χ0) is 14.8. The Morgan fingerprint density at radius 3 is 2.55 bits per heavy atom. The molecule has 1 aromatic carbocycles. The molecule has 3 nitrogen and oxygen atoms in total. The molecule has 0 bridgehead atoms. The van der Waals surface area contributed by atoms with Gasteiger partial charge in [-0.05, 0) is 24.1 Å². The van der Waals surface area contributed by atoms with Gasteiger partial charge < -0.3 is 5.11 Å². The quantitative estimate of drug-likeness (QED) is 0.929. The Morgan fingerprint density at radius 1 is 1.20 bits per heavy atom. The fourth-order valence-electron chi connectivity index (χ4n) is 2.75. The number of hydrogen-bond donors (Lipinski definition) is 1. The minimum atomic E-state index is 0.0432. The molecular weight excluding hydrogens is 248 g/mol. The van der Waals surface area contributed by atoms with E-state index >= 15 is 0 Å².